The predicted molar refractivity (Wildman–Crippen MR) is 73.5 cm³/mol. The van der Waals surface area contributed by atoms with Gasteiger partial charge in [-0.3, -0.25) is 0 Å². The lowest BCUT2D eigenvalue weighted by Crippen LogP contribution is -2.08. The SMILES string of the molecule is CNCc1ccnc(Oc2cc(Cl)cc(Cl)c2)c1F. The summed E-state index contributed by atoms with van der Waals surface area (Å²) in [6.45, 7) is 0.390. The molecule has 0 aliphatic heterocycles. The second-order valence-electron chi connectivity index (χ2n) is 3.83. The van der Waals surface area contributed by atoms with Gasteiger partial charge in [0, 0.05) is 28.4 Å². The third-order valence-corrected chi connectivity index (χ3v) is 2.79. The molecule has 0 saturated carbocycles. The first-order chi connectivity index (χ1) is 9.10. The van der Waals surface area contributed by atoms with Gasteiger partial charge in [-0.2, -0.15) is 0 Å². The van der Waals surface area contributed by atoms with Crippen molar-refractivity contribution >= 4 is 23.2 Å². The van der Waals surface area contributed by atoms with Gasteiger partial charge in [0.1, 0.15) is 5.75 Å². The topological polar surface area (TPSA) is 34.2 Å². The Bertz CT molecular complexity index is 573. The number of hydrogen-bond acceptors (Lipinski definition) is 3. The van der Waals surface area contributed by atoms with Gasteiger partial charge in [-0.25, -0.2) is 9.37 Å². The van der Waals surface area contributed by atoms with Gasteiger partial charge in [0.05, 0.1) is 0 Å². The molecule has 2 aromatic rings. The van der Waals surface area contributed by atoms with Crippen LogP contribution < -0.4 is 10.1 Å². The van der Waals surface area contributed by atoms with E-state index in [0.717, 1.165) is 0 Å². The fourth-order valence-corrected chi connectivity index (χ4v) is 2.07. The van der Waals surface area contributed by atoms with E-state index in [1.165, 1.54) is 6.20 Å². The second kappa shape index (κ2) is 6.19. The first-order valence-electron chi connectivity index (χ1n) is 5.52. The molecule has 0 amide bonds. The molecule has 0 saturated heterocycles. The van der Waals surface area contributed by atoms with Crippen molar-refractivity contribution in [2.24, 2.45) is 0 Å². The lowest BCUT2D eigenvalue weighted by atomic mass is 10.2. The van der Waals surface area contributed by atoms with Crippen LogP contribution in [-0.4, -0.2) is 12.0 Å². The summed E-state index contributed by atoms with van der Waals surface area (Å²) in [7, 11) is 1.73. The fourth-order valence-electron chi connectivity index (χ4n) is 1.56. The van der Waals surface area contributed by atoms with Gasteiger partial charge < -0.3 is 10.1 Å². The Morgan fingerprint density at radius 1 is 1.26 bits per heavy atom. The van der Waals surface area contributed by atoms with Gasteiger partial charge in [0.25, 0.3) is 5.88 Å². The van der Waals surface area contributed by atoms with Gasteiger partial charge in [-0.15, -0.1) is 0 Å². The molecule has 2 rings (SSSR count). The number of halogens is 3. The van der Waals surface area contributed by atoms with E-state index in [-0.39, 0.29) is 5.88 Å². The molecule has 1 aromatic carbocycles. The summed E-state index contributed by atoms with van der Waals surface area (Å²) in [5.41, 5.74) is 0.473. The van der Waals surface area contributed by atoms with E-state index in [4.69, 9.17) is 27.9 Å². The Morgan fingerprint density at radius 2 is 1.95 bits per heavy atom. The average Bonchev–Trinajstić information content (AvgIpc) is 2.33. The van der Waals surface area contributed by atoms with Crippen LogP contribution in [0.3, 0.4) is 0 Å². The highest BCUT2D eigenvalue weighted by molar-refractivity contribution is 6.34. The summed E-state index contributed by atoms with van der Waals surface area (Å²) in [5.74, 6) is -0.274. The van der Waals surface area contributed by atoms with Crippen LogP contribution in [-0.2, 0) is 6.54 Å². The molecule has 0 aliphatic rings. The summed E-state index contributed by atoms with van der Waals surface area (Å²) in [5, 5.41) is 3.69. The van der Waals surface area contributed by atoms with Crippen molar-refractivity contribution in [2.45, 2.75) is 6.54 Å². The van der Waals surface area contributed by atoms with Gasteiger partial charge in [-0.1, -0.05) is 23.2 Å². The molecule has 1 aromatic heterocycles. The minimum atomic E-state index is -0.507. The summed E-state index contributed by atoms with van der Waals surface area (Å²) in [6, 6.07) is 6.24. The number of nitrogens with one attached hydrogen (secondary N) is 1. The van der Waals surface area contributed by atoms with Gasteiger partial charge >= 0.3 is 0 Å². The molecule has 0 aliphatic carbocycles. The van der Waals surface area contributed by atoms with E-state index < -0.39 is 5.82 Å². The summed E-state index contributed by atoms with van der Waals surface area (Å²) < 4.78 is 19.4. The molecule has 0 radical (unpaired) electrons. The maximum Gasteiger partial charge on any atom is 0.256 e. The summed E-state index contributed by atoms with van der Waals surface area (Å²) in [4.78, 5) is 3.86. The molecule has 1 N–H and O–H groups in total. The fraction of sp³-hybridized carbons (Fsp3) is 0.154. The van der Waals surface area contributed by atoms with Crippen LogP contribution >= 0.6 is 23.2 Å². The van der Waals surface area contributed by atoms with Crippen LogP contribution in [0.15, 0.2) is 30.5 Å². The Balaban J connectivity index is 2.30. The van der Waals surface area contributed by atoms with Crippen molar-refractivity contribution in [1.82, 2.24) is 10.3 Å². The Hall–Kier alpha value is -1.36. The number of pyridine rings is 1. The van der Waals surface area contributed by atoms with Crippen LogP contribution in [0.2, 0.25) is 10.0 Å². The Labute approximate surface area is 120 Å². The molecule has 0 unspecified atom stereocenters. The van der Waals surface area contributed by atoms with Crippen molar-refractivity contribution in [2.75, 3.05) is 7.05 Å². The molecule has 0 atom stereocenters. The van der Waals surface area contributed by atoms with Gasteiger partial charge in [0.15, 0.2) is 5.82 Å². The number of ether oxygens (including phenoxy) is 1. The van der Waals surface area contributed by atoms with Crippen LogP contribution in [0, 0.1) is 5.82 Å². The van der Waals surface area contributed by atoms with E-state index in [9.17, 15) is 4.39 Å². The molecule has 1 heterocycles. The Morgan fingerprint density at radius 3 is 2.58 bits per heavy atom. The normalized spacial score (nSPS) is 10.5. The standard InChI is InChI=1S/C13H11Cl2FN2O/c1-17-7-8-2-3-18-13(12(8)16)19-11-5-9(14)4-10(15)6-11/h2-6,17H,7H2,1H3. The minimum absolute atomic E-state index is 0.105. The smallest absolute Gasteiger partial charge is 0.256 e. The first-order valence-corrected chi connectivity index (χ1v) is 6.27. The Kier molecular flexibility index (Phi) is 4.58. The number of benzene rings is 1. The molecule has 6 heteroatoms. The molecule has 3 nitrogen and oxygen atoms in total. The molecule has 19 heavy (non-hydrogen) atoms. The van der Waals surface area contributed by atoms with Crippen molar-refractivity contribution in [3.63, 3.8) is 0 Å². The van der Waals surface area contributed by atoms with E-state index in [0.29, 0.717) is 27.9 Å². The lowest BCUT2D eigenvalue weighted by Gasteiger charge is -2.09. The second-order valence-corrected chi connectivity index (χ2v) is 4.70. The highest BCUT2D eigenvalue weighted by Gasteiger charge is 2.11. The third-order valence-electron chi connectivity index (χ3n) is 2.36. The van der Waals surface area contributed by atoms with Crippen molar-refractivity contribution in [1.29, 1.82) is 0 Å². The number of nitrogens with zero attached hydrogens (tertiary/aromatic N) is 1. The zero-order chi connectivity index (χ0) is 13.8. The number of hydrogen-bond donors (Lipinski definition) is 1. The van der Waals surface area contributed by atoms with Crippen molar-refractivity contribution in [3.8, 4) is 11.6 Å². The van der Waals surface area contributed by atoms with E-state index in [2.05, 4.69) is 10.3 Å². The van der Waals surface area contributed by atoms with Crippen molar-refractivity contribution in [3.05, 3.63) is 51.9 Å². The summed E-state index contributed by atoms with van der Waals surface area (Å²) in [6.07, 6.45) is 1.48. The van der Waals surface area contributed by atoms with Crippen molar-refractivity contribution < 1.29 is 9.13 Å². The average molecular weight is 301 g/mol. The predicted octanol–water partition coefficient (Wildman–Crippen LogP) is 4.04. The number of aromatic nitrogens is 1. The molecule has 0 bridgehead atoms. The highest BCUT2D eigenvalue weighted by Crippen LogP contribution is 2.29. The monoisotopic (exact) mass is 300 g/mol. The zero-order valence-corrected chi connectivity index (χ0v) is 11.6. The summed E-state index contributed by atoms with van der Waals surface area (Å²) >= 11 is 11.7. The van der Waals surface area contributed by atoms with Crippen LogP contribution in [0.25, 0.3) is 0 Å². The minimum Gasteiger partial charge on any atom is -0.436 e. The molecular weight excluding hydrogens is 290 g/mol. The highest BCUT2D eigenvalue weighted by atomic mass is 35.5. The van der Waals surface area contributed by atoms with Crippen LogP contribution in [0.4, 0.5) is 4.39 Å². The molecular formula is C13H11Cl2FN2O. The molecule has 0 spiro atoms. The quantitative estimate of drug-likeness (QED) is 0.925. The van der Waals surface area contributed by atoms with E-state index >= 15 is 0 Å². The van der Waals surface area contributed by atoms with Gasteiger partial charge in [0.2, 0.25) is 0 Å². The largest absolute Gasteiger partial charge is 0.436 e. The maximum absolute atomic E-state index is 14.1. The maximum atomic E-state index is 14.1. The molecule has 0 fully saturated rings. The molecule has 100 valence electrons. The number of rotatable bonds is 4. The third kappa shape index (κ3) is 3.56. The van der Waals surface area contributed by atoms with Gasteiger partial charge in [-0.05, 0) is 31.3 Å². The van der Waals surface area contributed by atoms with E-state index in [1.807, 2.05) is 0 Å². The van der Waals surface area contributed by atoms with E-state index in [1.54, 1.807) is 31.3 Å². The van der Waals surface area contributed by atoms with Crippen LogP contribution in [0.1, 0.15) is 5.56 Å². The van der Waals surface area contributed by atoms with Crippen LogP contribution in [0.5, 0.6) is 11.6 Å². The first kappa shape index (κ1) is 14.1. The lowest BCUT2D eigenvalue weighted by molar-refractivity contribution is 0.418. The zero-order valence-electron chi connectivity index (χ0n) is 10.1.